The molecular formula is C14H19N5O4. The summed E-state index contributed by atoms with van der Waals surface area (Å²) in [5.41, 5.74) is 1.00. The van der Waals surface area contributed by atoms with Crippen LogP contribution in [0.4, 0.5) is 5.82 Å². The summed E-state index contributed by atoms with van der Waals surface area (Å²) >= 11 is 0. The SMILES string of the molecule is C=CCCNc1ncnc2c1ncn2[C@@H]1O[C@H](CO)[C@@H](O)[C@H]1O. The van der Waals surface area contributed by atoms with Crippen molar-refractivity contribution in [3.8, 4) is 0 Å². The summed E-state index contributed by atoms with van der Waals surface area (Å²) in [6.45, 7) is 3.94. The molecule has 1 saturated heterocycles. The van der Waals surface area contributed by atoms with Crippen LogP contribution in [0.25, 0.3) is 11.2 Å². The van der Waals surface area contributed by atoms with Gasteiger partial charge in [-0.2, -0.15) is 0 Å². The highest BCUT2D eigenvalue weighted by molar-refractivity contribution is 5.82. The van der Waals surface area contributed by atoms with Gasteiger partial charge < -0.3 is 25.4 Å². The number of nitrogens with one attached hydrogen (secondary N) is 1. The number of ether oxygens (including phenoxy) is 1. The maximum absolute atomic E-state index is 10.1. The van der Waals surface area contributed by atoms with E-state index in [2.05, 4.69) is 26.8 Å². The second-order valence-corrected chi connectivity index (χ2v) is 5.28. The summed E-state index contributed by atoms with van der Waals surface area (Å²) in [6.07, 6.45) is 1.36. The molecule has 1 fully saturated rings. The fraction of sp³-hybridized carbons (Fsp3) is 0.500. The molecule has 0 radical (unpaired) electrons. The molecular weight excluding hydrogens is 302 g/mol. The predicted octanol–water partition coefficient (Wildman–Crippen LogP) is -0.574. The van der Waals surface area contributed by atoms with E-state index in [1.807, 2.05) is 0 Å². The molecule has 0 unspecified atom stereocenters. The summed E-state index contributed by atoms with van der Waals surface area (Å²) in [5, 5.41) is 32.3. The Morgan fingerprint density at radius 1 is 1.30 bits per heavy atom. The zero-order chi connectivity index (χ0) is 16.4. The van der Waals surface area contributed by atoms with E-state index < -0.39 is 24.5 Å². The van der Waals surface area contributed by atoms with Crippen molar-refractivity contribution in [3.05, 3.63) is 25.3 Å². The third kappa shape index (κ3) is 2.79. The van der Waals surface area contributed by atoms with Crippen LogP contribution in [0.2, 0.25) is 0 Å². The van der Waals surface area contributed by atoms with Crippen molar-refractivity contribution in [2.45, 2.75) is 31.0 Å². The van der Waals surface area contributed by atoms with E-state index in [1.54, 1.807) is 6.08 Å². The minimum absolute atomic E-state index is 0.384. The van der Waals surface area contributed by atoms with Gasteiger partial charge in [0.05, 0.1) is 12.9 Å². The number of anilines is 1. The fourth-order valence-electron chi connectivity index (χ4n) is 2.57. The molecule has 1 aliphatic rings. The average molecular weight is 321 g/mol. The molecule has 0 aliphatic carbocycles. The van der Waals surface area contributed by atoms with Gasteiger partial charge in [0, 0.05) is 6.54 Å². The number of rotatable bonds is 6. The van der Waals surface area contributed by atoms with Gasteiger partial charge in [0.1, 0.15) is 24.6 Å². The molecule has 3 heterocycles. The lowest BCUT2D eigenvalue weighted by Crippen LogP contribution is -2.33. The molecule has 1 aliphatic heterocycles. The molecule has 3 rings (SSSR count). The van der Waals surface area contributed by atoms with E-state index in [4.69, 9.17) is 4.74 Å². The second kappa shape index (κ2) is 6.59. The van der Waals surface area contributed by atoms with Gasteiger partial charge >= 0.3 is 0 Å². The van der Waals surface area contributed by atoms with Crippen LogP contribution in [0.1, 0.15) is 12.6 Å². The van der Waals surface area contributed by atoms with Gasteiger partial charge in [0.25, 0.3) is 0 Å². The number of nitrogens with zero attached hydrogens (tertiary/aromatic N) is 4. The molecule has 2 aromatic rings. The summed E-state index contributed by atoms with van der Waals surface area (Å²) in [6, 6.07) is 0. The number of fused-ring (bicyclic) bond motifs is 1. The lowest BCUT2D eigenvalue weighted by molar-refractivity contribution is -0.0511. The topological polar surface area (TPSA) is 126 Å². The molecule has 0 saturated carbocycles. The van der Waals surface area contributed by atoms with Crippen molar-refractivity contribution in [2.24, 2.45) is 0 Å². The van der Waals surface area contributed by atoms with E-state index in [0.29, 0.717) is 23.5 Å². The first-order chi connectivity index (χ1) is 11.2. The molecule has 0 aromatic carbocycles. The van der Waals surface area contributed by atoms with Crippen LogP contribution < -0.4 is 5.32 Å². The summed E-state index contributed by atoms with van der Waals surface area (Å²) in [7, 11) is 0. The molecule has 0 bridgehead atoms. The van der Waals surface area contributed by atoms with Gasteiger partial charge in [0.2, 0.25) is 0 Å². The standard InChI is InChI=1S/C14H19N5O4/c1-2-3-4-15-12-9-13(17-6-16-12)19(7-18-9)14-11(22)10(21)8(5-20)23-14/h2,6-8,10-11,14,20-22H,1,3-5H2,(H,15,16,17)/t8-,10-,11-,14-/m1/s1. The van der Waals surface area contributed by atoms with Gasteiger partial charge in [-0.1, -0.05) is 6.08 Å². The highest BCUT2D eigenvalue weighted by Gasteiger charge is 2.43. The van der Waals surface area contributed by atoms with E-state index >= 15 is 0 Å². The smallest absolute Gasteiger partial charge is 0.167 e. The number of hydrogen-bond acceptors (Lipinski definition) is 8. The molecule has 0 spiro atoms. The van der Waals surface area contributed by atoms with Gasteiger partial charge in [0.15, 0.2) is 23.2 Å². The van der Waals surface area contributed by atoms with Crippen LogP contribution in [0.3, 0.4) is 0 Å². The van der Waals surface area contributed by atoms with Crippen LogP contribution in [0, 0.1) is 0 Å². The van der Waals surface area contributed by atoms with E-state index in [-0.39, 0.29) is 6.61 Å². The Hall–Kier alpha value is -2.07. The quantitative estimate of drug-likeness (QED) is 0.411. The van der Waals surface area contributed by atoms with Crippen LogP contribution in [0.5, 0.6) is 0 Å². The Labute approximate surface area is 132 Å². The van der Waals surface area contributed by atoms with Crippen molar-refractivity contribution in [2.75, 3.05) is 18.5 Å². The Morgan fingerprint density at radius 2 is 2.13 bits per heavy atom. The third-order valence-corrected chi connectivity index (χ3v) is 3.79. The van der Waals surface area contributed by atoms with Crippen LogP contribution >= 0.6 is 0 Å². The molecule has 4 N–H and O–H groups in total. The molecule has 9 heteroatoms. The Morgan fingerprint density at radius 3 is 2.83 bits per heavy atom. The lowest BCUT2D eigenvalue weighted by atomic mass is 10.1. The first-order valence-electron chi connectivity index (χ1n) is 7.32. The van der Waals surface area contributed by atoms with Crippen molar-refractivity contribution in [1.29, 1.82) is 0 Å². The van der Waals surface area contributed by atoms with Crippen LogP contribution in [-0.4, -0.2) is 66.3 Å². The average Bonchev–Trinajstić information content (AvgIpc) is 3.11. The molecule has 124 valence electrons. The largest absolute Gasteiger partial charge is 0.394 e. The fourth-order valence-corrected chi connectivity index (χ4v) is 2.57. The number of hydrogen-bond donors (Lipinski definition) is 4. The van der Waals surface area contributed by atoms with E-state index in [1.165, 1.54) is 17.2 Å². The number of aromatic nitrogens is 4. The van der Waals surface area contributed by atoms with E-state index in [0.717, 1.165) is 6.42 Å². The molecule has 0 amide bonds. The molecule has 9 nitrogen and oxygen atoms in total. The number of aliphatic hydroxyl groups excluding tert-OH is 3. The highest BCUT2D eigenvalue weighted by atomic mass is 16.6. The highest BCUT2D eigenvalue weighted by Crippen LogP contribution is 2.31. The van der Waals surface area contributed by atoms with Crippen molar-refractivity contribution in [1.82, 2.24) is 19.5 Å². The van der Waals surface area contributed by atoms with Gasteiger partial charge in [-0.3, -0.25) is 4.57 Å². The third-order valence-electron chi connectivity index (χ3n) is 3.79. The normalized spacial score (nSPS) is 27.4. The minimum atomic E-state index is -1.18. The van der Waals surface area contributed by atoms with E-state index in [9.17, 15) is 15.3 Å². The zero-order valence-electron chi connectivity index (χ0n) is 12.4. The van der Waals surface area contributed by atoms with Crippen LogP contribution in [0.15, 0.2) is 25.3 Å². The minimum Gasteiger partial charge on any atom is -0.394 e. The van der Waals surface area contributed by atoms with Crippen molar-refractivity contribution in [3.63, 3.8) is 0 Å². The Kier molecular flexibility index (Phi) is 4.53. The van der Waals surface area contributed by atoms with Crippen LogP contribution in [-0.2, 0) is 4.74 Å². The molecule has 23 heavy (non-hydrogen) atoms. The second-order valence-electron chi connectivity index (χ2n) is 5.28. The summed E-state index contributed by atoms with van der Waals surface area (Å²) in [4.78, 5) is 12.6. The Bertz CT molecular complexity index is 691. The number of imidazole rings is 1. The maximum Gasteiger partial charge on any atom is 0.167 e. The summed E-state index contributed by atoms with van der Waals surface area (Å²) in [5.74, 6) is 0.572. The zero-order valence-corrected chi connectivity index (χ0v) is 12.4. The first kappa shape index (κ1) is 15.8. The first-order valence-corrected chi connectivity index (χ1v) is 7.32. The van der Waals surface area contributed by atoms with Crippen molar-refractivity contribution >= 4 is 17.0 Å². The van der Waals surface area contributed by atoms with Gasteiger partial charge in [-0.05, 0) is 6.42 Å². The maximum atomic E-state index is 10.1. The molecule has 2 aromatic heterocycles. The van der Waals surface area contributed by atoms with Gasteiger partial charge in [-0.25, -0.2) is 15.0 Å². The van der Waals surface area contributed by atoms with Crippen molar-refractivity contribution < 1.29 is 20.1 Å². The van der Waals surface area contributed by atoms with Gasteiger partial charge in [-0.15, -0.1) is 6.58 Å². The monoisotopic (exact) mass is 321 g/mol. The summed E-state index contributed by atoms with van der Waals surface area (Å²) < 4.78 is 7.03. The lowest BCUT2D eigenvalue weighted by Gasteiger charge is -2.16. The number of aliphatic hydroxyl groups is 3. The molecule has 4 atom stereocenters. The predicted molar refractivity (Wildman–Crippen MR) is 81.6 cm³/mol. The Balaban J connectivity index is 1.91.